The largest absolute Gasteiger partial charge is 0.489 e. The van der Waals surface area contributed by atoms with E-state index >= 15 is 0 Å². The van der Waals surface area contributed by atoms with Crippen molar-refractivity contribution < 1.29 is 19.1 Å². The predicted octanol–water partition coefficient (Wildman–Crippen LogP) is 3.68. The van der Waals surface area contributed by atoms with Crippen molar-refractivity contribution in [2.24, 2.45) is 0 Å². The van der Waals surface area contributed by atoms with E-state index in [1.165, 1.54) is 0 Å². The van der Waals surface area contributed by atoms with Gasteiger partial charge in [-0.15, -0.1) is 0 Å². The average Bonchev–Trinajstić information content (AvgIpc) is 2.76. The maximum atomic E-state index is 12.3. The minimum Gasteiger partial charge on any atom is -0.489 e. The van der Waals surface area contributed by atoms with Crippen molar-refractivity contribution in [3.63, 3.8) is 0 Å². The molecule has 7 heteroatoms. The molecule has 0 saturated heterocycles. The van der Waals surface area contributed by atoms with Gasteiger partial charge >= 0.3 is 0 Å². The zero-order valence-electron chi connectivity index (χ0n) is 17.9. The molecule has 0 bridgehead atoms. The van der Waals surface area contributed by atoms with E-state index in [1.807, 2.05) is 45.0 Å². The first-order valence-corrected chi connectivity index (χ1v) is 10.3. The molecule has 0 aliphatic rings. The molecule has 0 fully saturated rings. The summed E-state index contributed by atoms with van der Waals surface area (Å²) in [4.78, 5) is 24.4. The minimum atomic E-state index is -0.198. The van der Waals surface area contributed by atoms with Crippen LogP contribution in [0, 0.1) is 0 Å². The molecule has 0 spiro atoms. The predicted molar refractivity (Wildman–Crippen MR) is 119 cm³/mol. The summed E-state index contributed by atoms with van der Waals surface area (Å²) in [7, 11) is 0. The maximum absolute atomic E-state index is 12.3. The second-order valence-corrected chi connectivity index (χ2v) is 6.80. The van der Waals surface area contributed by atoms with Gasteiger partial charge in [0.25, 0.3) is 5.91 Å². The normalized spacial score (nSPS) is 11.4. The molecule has 7 nitrogen and oxygen atoms in total. The Hall–Kier alpha value is -3.06. The average molecular weight is 414 g/mol. The second kappa shape index (κ2) is 12.5. The van der Waals surface area contributed by atoms with Gasteiger partial charge in [-0.2, -0.15) is 0 Å². The zero-order valence-corrected chi connectivity index (χ0v) is 17.9. The van der Waals surface area contributed by atoms with Crippen molar-refractivity contribution in [1.29, 1.82) is 0 Å². The number of carbonyl (C=O) groups excluding carboxylic acids is 2. The highest BCUT2D eigenvalue weighted by Crippen LogP contribution is 2.23. The lowest BCUT2D eigenvalue weighted by molar-refractivity contribution is -0.114. The van der Waals surface area contributed by atoms with Crippen LogP contribution in [0.3, 0.4) is 0 Å². The molecule has 0 aliphatic carbocycles. The summed E-state index contributed by atoms with van der Waals surface area (Å²) < 4.78 is 11.0. The van der Waals surface area contributed by atoms with E-state index < -0.39 is 0 Å². The number of hydrogen-bond donors (Lipinski definition) is 3. The number of para-hydroxylation sites is 2. The van der Waals surface area contributed by atoms with Crippen LogP contribution in [0.4, 0.5) is 11.4 Å². The van der Waals surface area contributed by atoms with Crippen molar-refractivity contribution in [1.82, 2.24) is 5.32 Å². The highest BCUT2D eigenvalue weighted by atomic mass is 16.5. The molecular weight excluding hydrogens is 382 g/mol. The minimum absolute atomic E-state index is 0.0854. The highest BCUT2D eigenvalue weighted by Gasteiger charge is 2.10. The smallest absolute Gasteiger partial charge is 0.251 e. The van der Waals surface area contributed by atoms with Crippen LogP contribution in [-0.2, 0) is 9.53 Å². The lowest BCUT2D eigenvalue weighted by Crippen LogP contribution is -2.31. The number of amides is 2. The molecule has 1 atom stereocenters. The fourth-order valence-corrected chi connectivity index (χ4v) is 2.59. The van der Waals surface area contributed by atoms with Gasteiger partial charge in [0.1, 0.15) is 12.4 Å². The van der Waals surface area contributed by atoms with Gasteiger partial charge in [-0.3, -0.25) is 9.59 Å². The van der Waals surface area contributed by atoms with E-state index in [9.17, 15) is 9.59 Å². The zero-order chi connectivity index (χ0) is 21.8. The van der Waals surface area contributed by atoms with Crippen LogP contribution in [0.5, 0.6) is 5.75 Å². The number of ether oxygens (including phenoxy) is 2. The molecule has 0 saturated carbocycles. The van der Waals surface area contributed by atoms with Crippen molar-refractivity contribution in [2.75, 3.05) is 37.0 Å². The van der Waals surface area contributed by atoms with Gasteiger partial charge in [-0.25, -0.2) is 0 Å². The number of benzene rings is 2. The molecule has 2 rings (SSSR count). The van der Waals surface area contributed by atoms with Crippen LogP contribution >= 0.6 is 0 Å². The molecule has 0 aromatic heterocycles. The quantitative estimate of drug-likeness (QED) is 0.462. The number of anilines is 2. The van der Waals surface area contributed by atoms with Crippen LogP contribution in [0.2, 0.25) is 0 Å². The Morgan fingerprint density at radius 3 is 2.43 bits per heavy atom. The Bertz CT molecular complexity index is 808. The van der Waals surface area contributed by atoms with Crippen molar-refractivity contribution in [3.8, 4) is 5.75 Å². The summed E-state index contributed by atoms with van der Waals surface area (Å²) in [5.74, 6) is 0.349. The van der Waals surface area contributed by atoms with Crippen LogP contribution in [0.15, 0.2) is 48.5 Å². The van der Waals surface area contributed by atoms with Gasteiger partial charge in [-0.1, -0.05) is 19.1 Å². The lowest BCUT2D eigenvalue weighted by Gasteiger charge is -2.14. The Morgan fingerprint density at radius 2 is 1.73 bits per heavy atom. The van der Waals surface area contributed by atoms with Gasteiger partial charge in [0.15, 0.2) is 0 Å². The van der Waals surface area contributed by atoms with Crippen LogP contribution < -0.4 is 20.7 Å². The molecule has 3 N–H and O–H groups in total. The molecule has 30 heavy (non-hydrogen) atoms. The van der Waals surface area contributed by atoms with Crippen LogP contribution in [0.25, 0.3) is 0 Å². The Kier molecular flexibility index (Phi) is 9.67. The van der Waals surface area contributed by atoms with Crippen molar-refractivity contribution >= 4 is 23.2 Å². The summed E-state index contributed by atoms with van der Waals surface area (Å²) in [5.41, 5.74) is 1.92. The van der Waals surface area contributed by atoms with Gasteiger partial charge in [-0.05, 0) is 56.7 Å². The number of carbonyl (C=O) groups is 2. The molecule has 2 amide bonds. The topological polar surface area (TPSA) is 88.7 Å². The monoisotopic (exact) mass is 413 g/mol. The summed E-state index contributed by atoms with van der Waals surface area (Å²) in [6, 6.07) is 14.4. The molecule has 0 radical (unpaired) electrons. The third-order valence-corrected chi connectivity index (χ3v) is 4.44. The number of hydrogen-bond acceptors (Lipinski definition) is 5. The van der Waals surface area contributed by atoms with E-state index in [4.69, 9.17) is 9.47 Å². The molecule has 1 unspecified atom stereocenters. The number of nitrogens with one attached hydrogen (secondary N) is 3. The first-order chi connectivity index (χ1) is 14.5. The first-order valence-electron chi connectivity index (χ1n) is 10.3. The highest BCUT2D eigenvalue weighted by molar-refractivity contribution is 5.96. The van der Waals surface area contributed by atoms with E-state index in [0.29, 0.717) is 36.8 Å². The summed E-state index contributed by atoms with van der Waals surface area (Å²) >= 11 is 0. The van der Waals surface area contributed by atoms with Crippen LogP contribution in [-0.4, -0.2) is 44.2 Å². The number of rotatable bonds is 12. The van der Waals surface area contributed by atoms with E-state index in [1.54, 1.807) is 24.3 Å². The Morgan fingerprint density at radius 1 is 1.00 bits per heavy atom. The second-order valence-electron chi connectivity index (χ2n) is 6.80. The fraction of sp³-hybridized carbons (Fsp3) is 0.391. The summed E-state index contributed by atoms with van der Waals surface area (Å²) in [6.07, 6.45) is 0.869. The molecule has 0 heterocycles. The SMILES string of the molecule is CCOCCOc1ccccc1NCC(=O)Nc1ccc(C(=O)NC(C)CC)cc1. The lowest BCUT2D eigenvalue weighted by atomic mass is 10.1. The third kappa shape index (κ3) is 7.75. The molecule has 0 aliphatic heterocycles. The van der Waals surface area contributed by atoms with E-state index in [0.717, 1.165) is 12.1 Å². The fourth-order valence-electron chi connectivity index (χ4n) is 2.59. The standard InChI is InChI=1S/C23H31N3O4/c1-4-17(3)25-23(28)18-10-12-19(13-11-18)26-22(27)16-24-20-8-6-7-9-21(20)30-15-14-29-5-2/h6-13,17,24H,4-5,14-16H2,1-3H3,(H,25,28)(H,26,27). The van der Waals surface area contributed by atoms with E-state index in [-0.39, 0.29) is 24.4 Å². The molecule has 2 aromatic rings. The van der Waals surface area contributed by atoms with Gasteiger partial charge < -0.3 is 25.4 Å². The van der Waals surface area contributed by atoms with Crippen molar-refractivity contribution in [2.45, 2.75) is 33.2 Å². The van der Waals surface area contributed by atoms with Gasteiger partial charge in [0.05, 0.1) is 18.8 Å². The summed E-state index contributed by atoms with van der Waals surface area (Å²) in [5, 5.41) is 8.82. The molecule has 2 aromatic carbocycles. The first kappa shape index (κ1) is 23.2. The summed E-state index contributed by atoms with van der Waals surface area (Å²) in [6.45, 7) is 7.59. The van der Waals surface area contributed by atoms with Gasteiger partial charge in [0, 0.05) is 23.9 Å². The third-order valence-electron chi connectivity index (χ3n) is 4.44. The maximum Gasteiger partial charge on any atom is 0.251 e. The van der Waals surface area contributed by atoms with Crippen LogP contribution in [0.1, 0.15) is 37.6 Å². The molecule has 162 valence electrons. The Labute approximate surface area is 178 Å². The van der Waals surface area contributed by atoms with Gasteiger partial charge in [0.2, 0.25) is 5.91 Å². The molecular formula is C23H31N3O4. The van der Waals surface area contributed by atoms with E-state index in [2.05, 4.69) is 16.0 Å². The van der Waals surface area contributed by atoms with Crippen molar-refractivity contribution in [3.05, 3.63) is 54.1 Å². The Balaban J connectivity index is 1.84.